The Hall–Kier alpha value is -2.37. The lowest BCUT2D eigenvalue weighted by Gasteiger charge is -2.46. The first-order valence-corrected chi connectivity index (χ1v) is 25.0. The Morgan fingerprint density at radius 1 is 0.617 bits per heavy atom. The average molecular weight is 839 g/mol. The van der Waals surface area contributed by atoms with E-state index in [1.165, 1.54) is 121 Å². The zero-order chi connectivity index (χ0) is 44.9. The molecule has 0 aromatic rings. The summed E-state index contributed by atoms with van der Waals surface area (Å²) in [5.74, 6) is 7.30. The van der Waals surface area contributed by atoms with E-state index in [9.17, 15) is 14.4 Å². The summed E-state index contributed by atoms with van der Waals surface area (Å²) in [5.41, 5.74) is 1.20. The fourth-order valence-electron chi connectivity index (χ4n) is 11.5. The standard InChI is InChI=1S/C19H32O2.C14H24O2.C10H18.C9H14O2.C2H6/c1-5-18(20)21-17-8-6-16(7-9-17)19(4)12-10-15(11-13-19)14(2)3;1-4-14(15)16-10-9-12(3)13-7-5-11(2)6-8-13;1-7-8-4-5-9(6-8)10(7,2)3;1-2-9(10)11-8-6-4-3-5-7-8;1-2/h5,14-17H,1,6-13H2,2-4H3;4,11-13H,1,5-10H2,2-3H3;7-9H,4-6H2,1-3H3;2,8H,1,3-7H2;1-2H3. The third kappa shape index (κ3) is 17.8. The number of rotatable bonds is 11. The van der Waals surface area contributed by atoms with E-state index < -0.39 is 0 Å². The van der Waals surface area contributed by atoms with Gasteiger partial charge in [0.15, 0.2) is 0 Å². The highest BCUT2D eigenvalue weighted by Crippen LogP contribution is 2.59. The summed E-state index contributed by atoms with van der Waals surface area (Å²) >= 11 is 0. The SMILES string of the molecule is C=CC(=O)OC1CCC(C2(C)CCC(C(C)C)CC2)CC1.C=CC(=O)OC1CCCCC1.C=CC(=O)OCCC(C)C1CCC(C)CC1.CC.CC1C2CCC(C2)C1(C)C. The summed E-state index contributed by atoms with van der Waals surface area (Å²) in [7, 11) is 0. The van der Waals surface area contributed by atoms with Crippen molar-refractivity contribution in [3.63, 3.8) is 0 Å². The number of carbonyl (C=O) groups excluding carboxylic acids is 3. The normalized spacial score (nSPS) is 32.2. The summed E-state index contributed by atoms with van der Waals surface area (Å²) in [4.78, 5) is 32.9. The molecule has 4 atom stereocenters. The number of esters is 3. The highest BCUT2D eigenvalue weighted by Gasteiger charge is 2.50. The quantitative estimate of drug-likeness (QED) is 0.117. The Morgan fingerprint density at radius 3 is 1.55 bits per heavy atom. The molecule has 0 radical (unpaired) electrons. The molecule has 6 heteroatoms. The number of ether oxygens (including phenoxy) is 3. The summed E-state index contributed by atoms with van der Waals surface area (Å²) in [6.45, 7) is 34.0. The Bertz CT molecular complexity index is 1250. The van der Waals surface area contributed by atoms with Crippen molar-refractivity contribution >= 4 is 17.9 Å². The van der Waals surface area contributed by atoms with E-state index >= 15 is 0 Å². The summed E-state index contributed by atoms with van der Waals surface area (Å²) < 4.78 is 15.5. The van der Waals surface area contributed by atoms with Crippen LogP contribution in [-0.2, 0) is 28.6 Å². The molecular formula is C54H94O6. The van der Waals surface area contributed by atoms with Crippen LogP contribution in [-0.4, -0.2) is 36.7 Å². The topological polar surface area (TPSA) is 78.9 Å². The first-order valence-electron chi connectivity index (χ1n) is 25.0. The zero-order valence-electron chi connectivity index (χ0n) is 40.7. The third-order valence-electron chi connectivity index (χ3n) is 16.5. The minimum atomic E-state index is -0.301. The molecular weight excluding hydrogens is 745 g/mol. The Kier molecular flexibility index (Phi) is 24.8. The molecule has 0 heterocycles. The van der Waals surface area contributed by atoms with E-state index in [-0.39, 0.29) is 30.1 Å². The second-order valence-electron chi connectivity index (χ2n) is 20.8. The van der Waals surface area contributed by atoms with Crippen molar-refractivity contribution in [1.29, 1.82) is 0 Å². The molecule has 0 aromatic carbocycles. The maximum absolute atomic E-state index is 11.3. The minimum absolute atomic E-state index is 0.127. The molecule has 6 nitrogen and oxygen atoms in total. The van der Waals surface area contributed by atoms with E-state index in [1.54, 1.807) is 0 Å². The van der Waals surface area contributed by atoms with Crippen molar-refractivity contribution in [3.8, 4) is 0 Å². The molecule has 4 unspecified atom stereocenters. The van der Waals surface area contributed by atoms with Gasteiger partial charge < -0.3 is 14.2 Å². The molecule has 6 rings (SSSR count). The molecule has 0 N–H and O–H groups in total. The van der Waals surface area contributed by atoms with E-state index in [2.05, 4.69) is 75.1 Å². The summed E-state index contributed by atoms with van der Waals surface area (Å²) in [6, 6.07) is 0. The maximum atomic E-state index is 11.3. The van der Waals surface area contributed by atoms with Gasteiger partial charge in [0.1, 0.15) is 12.2 Å². The average Bonchev–Trinajstić information content (AvgIpc) is 3.84. The maximum Gasteiger partial charge on any atom is 0.330 e. The summed E-state index contributed by atoms with van der Waals surface area (Å²) in [5, 5.41) is 0. The van der Waals surface area contributed by atoms with Crippen molar-refractivity contribution in [2.24, 2.45) is 64.1 Å². The number of fused-ring (bicyclic) bond motifs is 2. The number of hydrogen-bond donors (Lipinski definition) is 0. The first kappa shape index (κ1) is 53.8. The zero-order valence-corrected chi connectivity index (χ0v) is 40.7. The molecule has 0 aliphatic heterocycles. The van der Waals surface area contributed by atoms with Crippen LogP contribution in [0.4, 0.5) is 0 Å². The van der Waals surface area contributed by atoms with E-state index in [0.717, 1.165) is 79.4 Å². The fourth-order valence-corrected chi connectivity index (χ4v) is 11.5. The molecule has 6 aliphatic rings. The predicted octanol–water partition coefficient (Wildman–Crippen LogP) is 14.8. The highest BCUT2D eigenvalue weighted by molar-refractivity contribution is 5.82. The van der Waals surface area contributed by atoms with Crippen molar-refractivity contribution in [2.45, 2.75) is 216 Å². The minimum Gasteiger partial charge on any atom is -0.463 e. The van der Waals surface area contributed by atoms with E-state index in [1.807, 2.05) is 13.8 Å². The molecule has 346 valence electrons. The predicted molar refractivity (Wildman–Crippen MR) is 251 cm³/mol. The van der Waals surface area contributed by atoms with Crippen LogP contribution in [0.15, 0.2) is 38.0 Å². The molecule has 0 spiro atoms. The molecule has 0 saturated heterocycles. The van der Waals surface area contributed by atoms with Gasteiger partial charge in [0, 0.05) is 18.2 Å². The Labute approximate surface area is 370 Å². The van der Waals surface area contributed by atoms with Crippen molar-refractivity contribution in [3.05, 3.63) is 38.0 Å². The van der Waals surface area contributed by atoms with Crippen LogP contribution in [0.2, 0.25) is 0 Å². The monoisotopic (exact) mass is 839 g/mol. The number of carbonyl (C=O) groups is 3. The fraction of sp³-hybridized carbons (Fsp3) is 0.833. The highest BCUT2D eigenvalue weighted by atomic mass is 16.5. The van der Waals surface area contributed by atoms with Gasteiger partial charge in [-0.3, -0.25) is 0 Å². The van der Waals surface area contributed by atoms with Crippen molar-refractivity contribution < 1.29 is 28.6 Å². The molecule has 6 fully saturated rings. The van der Waals surface area contributed by atoms with Crippen LogP contribution < -0.4 is 0 Å². The van der Waals surface area contributed by atoms with Crippen LogP contribution in [0.1, 0.15) is 204 Å². The van der Waals surface area contributed by atoms with Crippen LogP contribution in [0, 0.1) is 64.1 Å². The van der Waals surface area contributed by atoms with Crippen molar-refractivity contribution in [1.82, 2.24) is 0 Å². The van der Waals surface area contributed by atoms with Gasteiger partial charge in [-0.05, 0) is 180 Å². The van der Waals surface area contributed by atoms with Crippen LogP contribution in [0.5, 0.6) is 0 Å². The van der Waals surface area contributed by atoms with Gasteiger partial charge in [-0.1, -0.05) is 108 Å². The lowest BCUT2D eigenvalue weighted by molar-refractivity contribution is -0.146. The van der Waals surface area contributed by atoms with E-state index in [4.69, 9.17) is 14.2 Å². The first-order chi connectivity index (χ1) is 28.5. The van der Waals surface area contributed by atoms with Gasteiger partial charge in [0.25, 0.3) is 0 Å². The second kappa shape index (κ2) is 27.6. The van der Waals surface area contributed by atoms with Gasteiger partial charge in [0.2, 0.25) is 0 Å². The molecule has 2 bridgehead atoms. The van der Waals surface area contributed by atoms with Crippen molar-refractivity contribution in [2.75, 3.05) is 6.61 Å². The molecule has 0 aromatic heterocycles. The van der Waals surface area contributed by atoms with Gasteiger partial charge in [-0.15, -0.1) is 0 Å². The summed E-state index contributed by atoms with van der Waals surface area (Å²) in [6.07, 6.45) is 30.8. The van der Waals surface area contributed by atoms with Gasteiger partial charge in [-0.2, -0.15) is 0 Å². The van der Waals surface area contributed by atoms with E-state index in [0.29, 0.717) is 23.4 Å². The molecule has 6 aliphatic carbocycles. The Balaban J connectivity index is 0.000000283. The van der Waals surface area contributed by atoms with Gasteiger partial charge in [0.05, 0.1) is 6.61 Å². The third-order valence-corrected chi connectivity index (χ3v) is 16.5. The lowest BCUT2D eigenvalue weighted by Crippen LogP contribution is -2.37. The molecule has 6 saturated carbocycles. The Morgan fingerprint density at radius 2 is 1.12 bits per heavy atom. The lowest BCUT2D eigenvalue weighted by atomic mass is 9.60. The smallest absolute Gasteiger partial charge is 0.330 e. The van der Waals surface area contributed by atoms with Crippen LogP contribution in [0.25, 0.3) is 0 Å². The molecule has 0 amide bonds. The number of hydrogen-bond acceptors (Lipinski definition) is 6. The van der Waals surface area contributed by atoms with Crippen LogP contribution >= 0.6 is 0 Å². The largest absolute Gasteiger partial charge is 0.463 e. The molecule has 60 heavy (non-hydrogen) atoms. The van der Waals surface area contributed by atoms with Crippen LogP contribution in [0.3, 0.4) is 0 Å². The van der Waals surface area contributed by atoms with Gasteiger partial charge >= 0.3 is 17.9 Å². The van der Waals surface area contributed by atoms with Gasteiger partial charge in [-0.25, -0.2) is 14.4 Å². The second-order valence-corrected chi connectivity index (χ2v) is 20.8.